The van der Waals surface area contributed by atoms with E-state index < -0.39 is 10.0 Å². The van der Waals surface area contributed by atoms with E-state index in [-0.39, 0.29) is 5.91 Å². The standard InChI is InChI=1S/C29H38N4O2S.C2H6/c1-19-20(2)33(18-35-13-14-36(4,5)6)28(31-19)27-16-24(11-12-30-27)23-9-10-26-25(15-23)17-32(29(26)34)21(3)22-7-8-22;1-2/h9-12,15-16,21-22H,7-8,13-14,17-18H2,1-6H3;1-2H3/t21-;/m0./s1. The van der Waals surface area contributed by atoms with Crippen LogP contribution < -0.4 is 0 Å². The van der Waals surface area contributed by atoms with E-state index in [4.69, 9.17) is 9.72 Å². The van der Waals surface area contributed by atoms with Crippen LogP contribution in [-0.4, -0.2) is 62.5 Å². The third kappa shape index (κ3) is 6.15. The summed E-state index contributed by atoms with van der Waals surface area (Å²) in [4.78, 5) is 24.5. The molecule has 1 aromatic carbocycles. The van der Waals surface area contributed by atoms with Crippen molar-refractivity contribution in [3.8, 4) is 22.6 Å². The number of aromatic nitrogens is 3. The van der Waals surface area contributed by atoms with Crippen molar-refractivity contribution in [2.45, 2.75) is 66.8 Å². The second-order valence-corrected chi connectivity index (χ2v) is 15.8. The minimum absolute atomic E-state index is 0.174. The fraction of sp³-hybridized carbons (Fsp3) is 0.516. The molecule has 5 rings (SSSR count). The number of fused-ring (bicyclic) bond motifs is 1. The van der Waals surface area contributed by atoms with Crippen LogP contribution in [0.4, 0.5) is 0 Å². The number of carbonyl (C=O) groups is 1. The molecule has 0 bridgehead atoms. The number of hydrogen-bond acceptors (Lipinski definition) is 4. The van der Waals surface area contributed by atoms with E-state index in [1.165, 1.54) is 12.8 Å². The first-order chi connectivity index (χ1) is 18.1. The van der Waals surface area contributed by atoms with Crippen LogP contribution in [0.1, 0.15) is 60.9 Å². The van der Waals surface area contributed by atoms with Gasteiger partial charge in [0, 0.05) is 35.8 Å². The number of amides is 1. The third-order valence-corrected chi connectivity index (χ3v) is 8.97. The van der Waals surface area contributed by atoms with Crippen LogP contribution >= 0.6 is 10.0 Å². The molecule has 206 valence electrons. The third-order valence-electron chi connectivity index (χ3n) is 7.57. The number of aryl methyl sites for hydroxylation is 1. The van der Waals surface area contributed by atoms with Crippen molar-refractivity contribution in [1.29, 1.82) is 0 Å². The molecule has 38 heavy (non-hydrogen) atoms. The molecule has 2 aliphatic rings. The highest BCUT2D eigenvalue weighted by molar-refractivity contribution is 8.32. The number of rotatable bonds is 9. The average molecular weight is 537 g/mol. The maximum absolute atomic E-state index is 13.0. The molecule has 0 radical (unpaired) electrons. The van der Waals surface area contributed by atoms with Gasteiger partial charge in [-0.15, -0.1) is 0 Å². The summed E-state index contributed by atoms with van der Waals surface area (Å²) < 4.78 is 8.18. The summed E-state index contributed by atoms with van der Waals surface area (Å²) in [6, 6.07) is 10.7. The molecule has 1 aliphatic carbocycles. The Hall–Kier alpha value is -2.64. The van der Waals surface area contributed by atoms with Gasteiger partial charge in [-0.05, 0) is 99.3 Å². The maximum atomic E-state index is 13.0. The van der Waals surface area contributed by atoms with Crippen LogP contribution in [0.15, 0.2) is 36.5 Å². The normalized spacial score (nSPS) is 16.2. The molecule has 3 aromatic rings. The number of benzene rings is 1. The van der Waals surface area contributed by atoms with Crippen molar-refractivity contribution in [3.63, 3.8) is 0 Å². The van der Waals surface area contributed by atoms with Crippen LogP contribution in [0.5, 0.6) is 0 Å². The van der Waals surface area contributed by atoms with Crippen molar-refractivity contribution >= 4 is 15.9 Å². The summed E-state index contributed by atoms with van der Waals surface area (Å²) in [7, 11) is -0.586. The van der Waals surface area contributed by atoms with E-state index >= 15 is 0 Å². The Morgan fingerprint density at radius 2 is 1.79 bits per heavy atom. The van der Waals surface area contributed by atoms with E-state index in [0.29, 0.717) is 25.2 Å². The molecule has 6 nitrogen and oxygen atoms in total. The van der Waals surface area contributed by atoms with Gasteiger partial charge < -0.3 is 14.2 Å². The second kappa shape index (κ2) is 11.6. The molecule has 0 unspecified atom stereocenters. The van der Waals surface area contributed by atoms with Crippen molar-refractivity contribution in [2.75, 3.05) is 31.1 Å². The van der Waals surface area contributed by atoms with Crippen molar-refractivity contribution in [3.05, 3.63) is 59.0 Å². The Morgan fingerprint density at radius 1 is 1.08 bits per heavy atom. The summed E-state index contributed by atoms with van der Waals surface area (Å²) in [6.45, 7) is 12.2. The zero-order valence-electron chi connectivity index (χ0n) is 24.4. The second-order valence-electron chi connectivity index (χ2n) is 11.2. The van der Waals surface area contributed by atoms with E-state index in [0.717, 1.165) is 57.5 Å². The molecule has 1 amide bonds. The Morgan fingerprint density at radius 3 is 2.47 bits per heavy atom. The fourth-order valence-corrected chi connectivity index (χ4v) is 5.51. The Bertz CT molecular complexity index is 1290. The Labute approximate surface area is 230 Å². The van der Waals surface area contributed by atoms with Gasteiger partial charge in [-0.2, -0.15) is 0 Å². The fourth-order valence-electron chi connectivity index (χ4n) is 4.89. The van der Waals surface area contributed by atoms with Gasteiger partial charge >= 0.3 is 0 Å². The first-order valence-electron chi connectivity index (χ1n) is 13.8. The van der Waals surface area contributed by atoms with Crippen LogP contribution in [0.2, 0.25) is 0 Å². The van der Waals surface area contributed by atoms with Crippen LogP contribution in [0.25, 0.3) is 22.6 Å². The SMILES string of the molecule is CC.Cc1nc(-c2cc(-c3ccc4c(c3)CN([C@@H](C)C3CC3)C4=O)ccn2)n(COCCS(C)(C)C)c1C. The highest BCUT2D eigenvalue weighted by atomic mass is 32.3. The van der Waals surface area contributed by atoms with Gasteiger partial charge in [0.15, 0.2) is 5.82 Å². The lowest BCUT2D eigenvalue weighted by molar-refractivity contribution is 0.0697. The smallest absolute Gasteiger partial charge is 0.254 e. The van der Waals surface area contributed by atoms with Gasteiger partial charge in [-0.3, -0.25) is 9.78 Å². The number of pyridine rings is 1. The van der Waals surface area contributed by atoms with Gasteiger partial charge in [-0.1, -0.05) is 19.9 Å². The summed E-state index contributed by atoms with van der Waals surface area (Å²) in [6.07, 6.45) is 11.3. The molecule has 1 atom stereocenters. The molecule has 3 heterocycles. The average Bonchev–Trinajstić information content (AvgIpc) is 3.65. The summed E-state index contributed by atoms with van der Waals surface area (Å²) in [5, 5.41) is 0. The predicted molar refractivity (Wildman–Crippen MR) is 160 cm³/mol. The van der Waals surface area contributed by atoms with Crippen LogP contribution in [0, 0.1) is 19.8 Å². The van der Waals surface area contributed by atoms with Gasteiger partial charge in [0.05, 0.1) is 12.3 Å². The lowest BCUT2D eigenvalue weighted by Crippen LogP contribution is -2.34. The van der Waals surface area contributed by atoms with Crippen LogP contribution in [-0.2, 0) is 18.0 Å². The van der Waals surface area contributed by atoms with Gasteiger partial charge in [-0.25, -0.2) is 15.0 Å². The quantitative estimate of drug-likeness (QED) is 0.286. The molecule has 1 fully saturated rings. The topological polar surface area (TPSA) is 60.2 Å². The highest BCUT2D eigenvalue weighted by Gasteiger charge is 2.38. The van der Waals surface area contributed by atoms with Gasteiger partial charge in [0.25, 0.3) is 5.91 Å². The van der Waals surface area contributed by atoms with Crippen molar-refractivity contribution < 1.29 is 9.53 Å². The first kappa shape index (κ1) is 28.4. The highest BCUT2D eigenvalue weighted by Crippen LogP contribution is 2.39. The van der Waals surface area contributed by atoms with E-state index in [1.54, 1.807) is 0 Å². The largest absolute Gasteiger partial charge is 0.360 e. The lowest BCUT2D eigenvalue weighted by Gasteiger charge is -2.24. The van der Waals surface area contributed by atoms with E-state index in [9.17, 15) is 4.79 Å². The van der Waals surface area contributed by atoms with Crippen molar-refractivity contribution in [2.24, 2.45) is 5.92 Å². The summed E-state index contributed by atoms with van der Waals surface area (Å²) in [5.41, 5.74) is 7.05. The van der Waals surface area contributed by atoms with E-state index in [1.807, 2.05) is 44.0 Å². The Balaban J connectivity index is 0.00000164. The maximum Gasteiger partial charge on any atom is 0.254 e. The van der Waals surface area contributed by atoms with Crippen LogP contribution in [0.3, 0.4) is 0 Å². The number of carbonyl (C=O) groups excluding carboxylic acids is 1. The lowest BCUT2D eigenvalue weighted by atomic mass is 10.0. The number of ether oxygens (including phenoxy) is 1. The minimum atomic E-state index is -0.586. The molecule has 7 heteroatoms. The first-order valence-corrected chi connectivity index (χ1v) is 16.8. The van der Waals surface area contributed by atoms with E-state index in [2.05, 4.69) is 60.4 Å². The van der Waals surface area contributed by atoms with Gasteiger partial charge in [0.1, 0.15) is 12.4 Å². The Kier molecular flexibility index (Phi) is 8.68. The molecular weight excluding hydrogens is 492 g/mol. The molecule has 0 N–H and O–H groups in total. The molecule has 2 aromatic heterocycles. The molecule has 1 aliphatic heterocycles. The zero-order chi connectivity index (χ0) is 27.6. The minimum Gasteiger partial charge on any atom is -0.360 e. The molecule has 1 saturated carbocycles. The number of nitrogens with zero attached hydrogens (tertiary/aromatic N) is 4. The zero-order valence-corrected chi connectivity index (χ0v) is 25.2. The summed E-state index contributed by atoms with van der Waals surface area (Å²) >= 11 is 0. The summed E-state index contributed by atoms with van der Waals surface area (Å²) in [5.74, 6) is 2.75. The van der Waals surface area contributed by atoms with Crippen molar-refractivity contribution in [1.82, 2.24) is 19.4 Å². The predicted octanol–water partition coefficient (Wildman–Crippen LogP) is 6.68. The number of hydrogen-bond donors (Lipinski definition) is 0. The molecule has 0 saturated heterocycles. The number of imidazole rings is 1. The molecule has 0 spiro atoms. The molecular formula is C31H44N4O2S. The van der Waals surface area contributed by atoms with Gasteiger partial charge in [0.2, 0.25) is 0 Å². The monoisotopic (exact) mass is 536 g/mol.